The molecule has 2 aromatic heterocycles. The number of nitrogens with one attached hydrogen (secondary N) is 1. The Morgan fingerprint density at radius 3 is 2.44 bits per heavy atom. The molecular weight excluding hydrogens is 512 g/mol. The number of nitrogens with zero attached hydrogens (tertiary/aromatic N) is 1. The molecule has 7 nitrogen and oxygen atoms in total. The van der Waals surface area contributed by atoms with Crippen molar-refractivity contribution in [3.8, 4) is 17.2 Å². The first-order valence-corrected chi connectivity index (χ1v) is 14.7. The van der Waals surface area contributed by atoms with Gasteiger partial charge in [-0.25, -0.2) is 8.42 Å². The van der Waals surface area contributed by atoms with Gasteiger partial charge in [0.2, 0.25) is 9.84 Å². The Bertz CT molecular complexity index is 1510. The second-order valence-corrected chi connectivity index (χ2v) is 11.8. The van der Waals surface area contributed by atoms with Crippen LogP contribution in [-0.4, -0.2) is 46.7 Å². The van der Waals surface area contributed by atoms with E-state index in [1.54, 1.807) is 38.5 Å². The van der Waals surface area contributed by atoms with Gasteiger partial charge in [0.15, 0.2) is 11.5 Å². The molecule has 2 heterocycles. The molecule has 0 radical (unpaired) electrons. The number of aromatic nitrogens is 1. The number of hydrogen-bond donors (Lipinski definition) is 1. The molecule has 0 fully saturated rings. The average molecular weight is 551 g/mol. The van der Waals surface area contributed by atoms with Crippen LogP contribution in [0.25, 0.3) is 5.52 Å². The predicted octanol–water partition coefficient (Wildman–Crippen LogP) is 5.82. The van der Waals surface area contributed by atoms with E-state index in [0.29, 0.717) is 22.8 Å². The van der Waals surface area contributed by atoms with Crippen molar-refractivity contribution in [2.24, 2.45) is 0 Å². The van der Waals surface area contributed by atoms with Gasteiger partial charge >= 0.3 is 0 Å². The zero-order valence-electron chi connectivity index (χ0n) is 23.4. The predicted molar refractivity (Wildman–Crippen MR) is 154 cm³/mol. The largest absolute Gasteiger partial charge is 0.494 e. The summed E-state index contributed by atoms with van der Waals surface area (Å²) < 4.78 is 45.8. The van der Waals surface area contributed by atoms with Gasteiger partial charge in [0.25, 0.3) is 0 Å². The van der Waals surface area contributed by atoms with Crippen LogP contribution in [0, 0.1) is 6.92 Å². The van der Waals surface area contributed by atoms with Crippen LogP contribution in [0.1, 0.15) is 42.9 Å². The standard InChI is InChI=1S/C31H38N2O5S/c1-22(2)27-21-33-17-7-6-9-28(33)31(27)39(34,35)26-12-10-25(11-13-26)38-18-8-15-32-16-14-24-19-23(3)30(37-5)29(20-24)36-4/h6-7,9-13,17,19-22,32H,8,14-16,18H2,1-5H3. The van der Waals surface area contributed by atoms with E-state index >= 15 is 0 Å². The van der Waals surface area contributed by atoms with E-state index in [4.69, 9.17) is 14.2 Å². The minimum absolute atomic E-state index is 0.0778. The normalized spacial score (nSPS) is 11.7. The van der Waals surface area contributed by atoms with Gasteiger partial charge in [0.1, 0.15) is 10.6 Å². The van der Waals surface area contributed by atoms with Gasteiger partial charge in [0, 0.05) is 12.4 Å². The third kappa shape index (κ3) is 6.40. The van der Waals surface area contributed by atoms with Gasteiger partial charge in [-0.05, 0) is 97.9 Å². The number of sulfone groups is 1. The van der Waals surface area contributed by atoms with Crippen molar-refractivity contribution in [1.82, 2.24) is 9.72 Å². The van der Waals surface area contributed by atoms with Crippen LogP contribution in [-0.2, 0) is 16.3 Å². The molecule has 0 amide bonds. The van der Waals surface area contributed by atoms with E-state index in [9.17, 15) is 8.42 Å². The van der Waals surface area contributed by atoms with Crippen molar-refractivity contribution in [2.45, 2.75) is 49.3 Å². The van der Waals surface area contributed by atoms with Crippen LogP contribution in [0.3, 0.4) is 0 Å². The molecule has 2 aromatic carbocycles. The van der Waals surface area contributed by atoms with Crippen LogP contribution in [0.5, 0.6) is 17.2 Å². The van der Waals surface area contributed by atoms with Gasteiger partial charge in [-0.3, -0.25) is 0 Å². The maximum Gasteiger partial charge on any atom is 0.209 e. The molecule has 0 unspecified atom stereocenters. The number of aryl methyl sites for hydroxylation is 1. The highest BCUT2D eigenvalue weighted by atomic mass is 32.2. The maximum atomic E-state index is 13.6. The number of benzene rings is 2. The Kier molecular flexibility index (Phi) is 9.20. The average Bonchev–Trinajstić information content (AvgIpc) is 3.33. The van der Waals surface area contributed by atoms with E-state index in [1.807, 2.05) is 61.8 Å². The van der Waals surface area contributed by atoms with Crippen LogP contribution < -0.4 is 19.5 Å². The maximum absolute atomic E-state index is 13.6. The summed E-state index contributed by atoms with van der Waals surface area (Å²) in [5, 5.41) is 3.45. The van der Waals surface area contributed by atoms with Gasteiger partial charge in [-0.1, -0.05) is 26.0 Å². The first-order chi connectivity index (χ1) is 18.8. The summed E-state index contributed by atoms with van der Waals surface area (Å²) in [6, 6.07) is 16.5. The molecule has 8 heteroatoms. The van der Waals surface area contributed by atoms with Gasteiger partial charge in [-0.2, -0.15) is 0 Å². The smallest absolute Gasteiger partial charge is 0.209 e. The number of methoxy groups -OCH3 is 2. The lowest BCUT2D eigenvalue weighted by Crippen LogP contribution is -2.20. The van der Waals surface area contributed by atoms with Crippen molar-refractivity contribution < 1.29 is 22.6 Å². The van der Waals surface area contributed by atoms with E-state index in [0.717, 1.165) is 48.6 Å². The monoisotopic (exact) mass is 550 g/mol. The van der Waals surface area contributed by atoms with E-state index in [1.165, 1.54) is 5.56 Å². The minimum atomic E-state index is -3.69. The number of ether oxygens (including phenoxy) is 3. The Morgan fingerprint density at radius 1 is 0.974 bits per heavy atom. The molecule has 4 rings (SSSR count). The Labute approximate surface area is 231 Å². The molecule has 0 atom stereocenters. The third-order valence-electron chi connectivity index (χ3n) is 6.77. The van der Waals surface area contributed by atoms with E-state index in [-0.39, 0.29) is 10.8 Å². The molecule has 39 heavy (non-hydrogen) atoms. The summed E-state index contributed by atoms with van der Waals surface area (Å²) in [5.41, 5.74) is 3.75. The topological polar surface area (TPSA) is 78.3 Å². The summed E-state index contributed by atoms with van der Waals surface area (Å²) in [7, 11) is -0.383. The highest BCUT2D eigenvalue weighted by Crippen LogP contribution is 2.34. The fourth-order valence-electron chi connectivity index (χ4n) is 4.77. The molecule has 0 aliphatic carbocycles. The Hall–Kier alpha value is -3.49. The van der Waals surface area contributed by atoms with Crippen LogP contribution in [0.2, 0.25) is 0 Å². The zero-order chi connectivity index (χ0) is 28.0. The first-order valence-electron chi connectivity index (χ1n) is 13.3. The van der Waals surface area contributed by atoms with Gasteiger partial charge in [-0.15, -0.1) is 0 Å². The highest BCUT2D eigenvalue weighted by Gasteiger charge is 2.27. The van der Waals surface area contributed by atoms with Crippen molar-refractivity contribution in [2.75, 3.05) is 33.9 Å². The number of pyridine rings is 1. The quantitative estimate of drug-likeness (QED) is 0.211. The van der Waals surface area contributed by atoms with Gasteiger partial charge in [0.05, 0.1) is 31.2 Å². The summed E-state index contributed by atoms with van der Waals surface area (Å²) in [5.74, 6) is 2.26. The second-order valence-electron chi connectivity index (χ2n) is 9.89. The van der Waals surface area contributed by atoms with E-state index < -0.39 is 9.84 Å². The lowest BCUT2D eigenvalue weighted by atomic mass is 10.1. The molecule has 1 N–H and O–H groups in total. The Balaban J connectivity index is 1.28. The fraction of sp³-hybridized carbons (Fsp3) is 0.355. The lowest BCUT2D eigenvalue weighted by Gasteiger charge is -2.13. The minimum Gasteiger partial charge on any atom is -0.494 e. The zero-order valence-corrected chi connectivity index (χ0v) is 24.2. The molecule has 208 valence electrons. The SMILES string of the molecule is COc1cc(CCNCCCOc2ccc(S(=O)(=O)c3c(C(C)C)cn4ccccc34)cc2)cc(C)c1OC. The van der Waals surface area contributed by atoms with Crippen molar-refractivity contribution in [3.05, 3.63) is 83.7 Å². The molecule has 0 saturated heterocycles. The molecule has 0 saturated carbocycles. The molecular formula is C31H38N2O5S. The van der Waals surface area contributed by atoms with E-state index in [2.05, 4.69) is 11.4 Å². The first kappa shape index (κ1) is 28.5. The second kappa shape index (κ2) is 12.6. The summed E-state index contributed by atoms with van der Waals surface area (Å²) in [6.07, 6.45) is 5.50. The van der Waals surface area contributed by atoms with Crippen LogP contribution >= 0.6 is 0 Å². The van der Waals surface area contributed by atoms with Crippen LogP contribution in [0.15, 0.2) is 76.8 Å². The van der Waals surface area contributed by atoms with Gasteiger partial charge < -0.3 is 23.9 Å². The number of hydrogen-bond acceptors (Lipinski definition) is 6. The highest BCUT2D eigenvalue weighted by molar-refractivity contribution is 7.91. The fourth-order valence-corrected chi connectivity index (χ4v) is 6.55. The molecule has 0 spiro atoms. The molecule has 0 bridgehead atoms. The van der Waals surface area contributed by atoms with Crippen LogP contribution in [0.4, 0.5) is 0 Å². The number of rotatable bonds is 13. The molecule has 0 aliphatic rings. The van der Waals surface area contributed by atoms with Crippen molar-refractivity contribution in [3.63, 3.8) is 0 Å². The summed E-state index contributed by atoms with van der Waals surface area (Å²) in [6.45, 7) is 8.24. The molecule has 4 aromatic rings. The molecule has 0 aliphatic heterocycles. The summed E-state index contributed by atoms with van der Waals surface area (Å²) in [4.78, 5) is 0.641. The van der Waals surface area contributed by atoms with Crippen molar-refractivity contribution in [1.29, 1.82) is 0 Å². The van der Waals surface area contributed by atoms with Crippen molar-refractivity contribution >= 4 is 15.4 Å². The Morgan fingerprint density at radius 2 is 1.74 bits per heavy atom. The lowest BCUT2D eigenvalue weighted by molar-refractivity contribution is 0.308. The summed E-state index contributed by atoms with van der Waals surface area (Å²) >= 11 is 0. The third-order valence-corrected chi connectivity index (χ3v) is 8.64. The number of fused-ring (bicyclic) bond motifs is 1.